The van der Waals surface area contributed by atoms with E-state index in [1.165, 1.54) is 21.6 Å². The van der Waals surface area contributed by atoms with Gasteiger partial charge in [0.2, 0.25) is 0 Å². The lowest BCUT2D eigenvalue weighted by atomic mass is 10.0. The van der Waals surface area contributed by atoms with Crippen molar-refractivity contribution in [2.75, 3.05) is 5.32 Å². The molecule has 0 radical (unpaired) electrons. The summed E-state index contributed by atoms with van der Waals surface area (Å²) in [5.41, 5.74) is 4.67. The molecule has 0 atom stereocenters. The molecule has 0 aliphatic heterocycles. The molecule has 2 aromatic carbocycles. The molecule has 0 spiro atoms. The van der Waals surface area contributed by atoms with Crippen LogP contribution in [0, 0.1) is 13.8 Å². The minimum absolute atomic E-state index is 0. The van der Waals surface area contributed by atoms with E-state index in [1.807, 2.05) is 12.1 Å². The van der Waals surface area contributed by atoms with E-state index < -0.39 is 0 Å². The van der Waals surface area contributed by atoms with E-state index in [1.54, 1.807) is 17.7 Å². The summed E-state index contributed by atoms with van der Waals surface area (Å²) >= 11 is 1.71. The van der Waals surface area contributed by atoms with E-state index in [-0.39, 0.29) is 12.4 Å². The largest absolute Gasteiger partial charge is 0.340 e. The molecule has 5 heteroatoms. The molecule has 25 heavy (non-hydrogen) atoms. The zero-order valence-corrected chi connectivity index (χ0v) is 15.6. The first-order valence-corrected chi connectivity index (χ1v) is 8.67. The topological polar surface area (TPSA) is 37.8 Å². The van der Waals surface area contributed by atoms with Crippen LogP contribution >= 0.6 is 23.7 Å². The van der Waals surface area contributed by atoms with Gasteiger partial charge < -0.3 is 5.32 Å². The third-order valence-electron chi connectivity index (χ3n) is 4.01. The summed E-state index contributed by atoms with van der Waals surface area (Å²) in [5.74, 6) is 0.855. The molecule has 0 bridgehead atoms. The summed E-state index contributed by atoms with van der Waals surface area (Å²) in [6.45, 7) is 4.23. The minimum Gasteiger partial charge on any atom is -0.340 e. The predicted octanol–water partition coefficient (Wildman–Crippen LogP) is 6.14. The predicted molar refractivity (Wildman–Crippen MR) is 109 cm³/mol. The summed E-state index contributed by atoms with van der Waals surface area (Å²) in [6.07, 6.45) is 1.63. The van der Waals surface area contributed by atoms with Crippen molar-refractivity contribution in [1.82, 2.24) is 9.97 Å². The molecule has 0 saturated heterocycles. The van der Waals surface area contributed by atoms with E-state index in [4.69, 9.17) is 0 Å². The van der Waals surface area contributed by atoms with Crippen LogP contribution in [0.15, 0.2) is 60.9 Å². The Morgan fingerprint density at radius 2 is 1.72 bits per heavy atom. The monoisotopic (exact) mass is 367 g/mol. The Hall–Kier alpha value is -2.43. The Labute approximate surface area is 157 Å². The molecule has 0 aliphatic rings. The lowest BCUT2D eigenvalue weighted by Gasteiger charge is -2.09. The van der Waals surface area contributed by atoms with Crippen molar-refractivity contribution in [1.29, 1.82) is 0 Å². The second kappa shape index (κ2) is 7.21. The fraction of sp³-hybridized carbons (Fsp3) is 0.100. The van der Waals surface area contributed by atoms with Crippen molar-refractivity contribution < 1.29 is 0 Å². The third-order valence-corrected chi connectivity index (χ3v) is 5.02. The number of nitrogens with one attached hydrogen (secondary N) is 1. The van der Waals surface area contributed by atoms with Crippen molar-refractivity contribution in [3.63, 3.8) is 0 Å². The summed E-state index contributed by atoms with van der Waals surface area (Å²) in [7, 11) is 0. The quantitative estimate of drug-likeness (QED) is 0.472. The van der Waals surface area contributed by atoms with Crippen LogP contribution in [-0.2, 0) is 0 Å². The highest BCUT2D eigenvalue weighted by molar-refractivity contribution is 7.19. The fourth-order valence-electron chi connectivity index (χ4n) is 2.95. The maximum absolute atomic E-state index is 4.52. The molecule has 1 N–H and O–H groups in total. The Morgan fingerprint density at radius 1 is 0.920 bits per heavy atom. The van der Waals surface area contributed by atoms with Crippen molar-refractivity contribution in [2.45, 2.75) is 13.8 Å². The number of benzene rings is 2. The van der Waals surface area contributed by atoms with Crippen LogP contribution in [0.1, 0.15) is 10.4 Å². The van der Waals surface area contributed by atoms with Crippen molar-refractivity contribution in [3.8, 4) is 11.1 Å². The smallest absolute Gasteiger partial charge is 0.143 e. The summed E-state index contributed by atoms with van der Waals surface area (Å²) in [4.78, 5) is 11.3. The molecule has 3 nitrogen and oxygen atoms in total. The van der Waals surface area contributed by atoms with Crippen LogP contribution < -0.4 is 5.32 Å². The van der Waals surface area contributed by atoms with Crippen LogP contribution in [-0.4, -0.2) is 9.97 Å². The van der Waals surface area contributed by atoms with Gasteiger partial charge in [-0.3, -0.25) is 0 Å². The van der Waals surface area contributed by atoms with Gasteiger partial charge >= 0.3 is 0 Å². The van der Waals surface area contributed by atoms with Crippen molar-refractivity contribution in [3.05, 3.63) is 71.4 Å². The van der Waals surface area contributed by atoms with Crippen molar-refractivity contribution in [2.24, 2.45) is 0 Å². The maximum Gasteiger partial charge on any atom is 0.143 e. The van der Waals surface area contributed by atoms with Gasteiger partial charge in [-0.2, -0.15) is 0 Å². The number of aromatic nitrogens is 2. The average Bonchev–Trinajstić information content (AvgIpc) is 2.93. The molecule has 0 fully saturated rings. The molecule has 4 aromatic rings. The molecule has 2 aromatic heterocycles. The van der Waals surface area contributed by atoms with E-state index in [9.17, 15) is 0 Å². The normalized spacial score (nSPS) is 10.5. The number of halogens is 1. The highest BCUT2D eigenvalue weighted by Crippen LogP contribution is 2.40. The number of hydrogen-bond donors (Lipinski definition) is 1. The van der Waals surface area contributed by atoms with Crippen LogP contribution in [0.5, 0.6) is 0 Å². The lowest BCUT2D eigenvalue weighted by Crippen LogP contribution is -1.96. The number of aryl methyl sites for hydroxylation is 2. The fourth-order valence-corrected chi connectivity index (χ4v) is 3.96. The maximum atomic E-state index is 4.52. The van der Waals surface area contributed by atoms with Gasteiger partial charge in [0.05, 0.1) is 5.39 Å². The summed E-state index contributed by atoms with van der Waals surface area (Å²) in [6, 6.07) is 18.8. The number of nitrogens with zero attached hydrogens (tertiary/aromatic N) is 2. The first-order chi connectivity index (χ1) is 11.7. The highest BCUT2D eigenvalue weighted by atomic mass is 35.5. The van der Waals surface area contributed by atoms with Crippen LogP contribution in [0.2, 0.25) is 0 Å². The van der Waals surface area contributed by atoms with E-state index in [0.717, 1.165) is 21.7 Å². The molecule has 126 valence electrons. The van der Waals surface area contributed by atoms with Gasteiger partial charge in [0, 0.05) is 16.1 Å². The van der Waals surface area contributed by atoms with Crippen molar-refractivity contribution >= 4 is 45.5 Å². The molecule has 4 rings (SSSR count). The van der Waals surface area contributed by atoms with Gasteiger partial charge in [-0.05, 0) is 37.1 Å². The SMILES string of the molecule is Cc1cccc(Nc2ncnc3sc(C)c(-c4ccccc4)c23)c1.Cl. The number of hydrogen-bond acceptors (Lipinski definition) is 4. The highest BCUT2D eigenvalue weighted by Gasteiger charge is 2.16. The van der Waals surface area contributed by atoms with Gasteiger partial charge in [-0.1, -0.05) is 42.5 Å². The molecule has 0 saturated carbocycles. The number of thiophene rings is 1. The Bertz CT molecular complexity index is 1010. The first kappa shape index (κ1) is 17.4. The van der Waals surface area contributed by atoms with E-state index in [0.29, 0.717) is 0 Å². The van der Waals surface area contributed by atoms with Crippen LogP contribution in [0.25, 0.3) is 21.3 Å². The lowest BCUT2D eigenvalue weighted by molar-refractivity contribution is 1.23. The van der Waals surface area contributed by atoms with Gasteiger partial charge in [0.15, 0.2) is 0 Å². The molecule has 0 aliphatic carbocycles. The Kier molecular flexibility index (Phi) is 5.02. The van der Waals surface area contributed by atoms with E-state index >= 15 is 0 Å². The zero-order valence-electron chi connectivity index (χ0n) is 14.0. The minimum atomic E-state index is 0. The van der Waals surface area contributed by atoms with Gasteiger partial charge in [0.1, 0.15) is 17.0 Å². The molecule has 2 heterocycles. The summed E-state index contributed by atoms with van der Waals surface area (Å²) < 4.78 is 0. The Morgan fingerprint density at radius 3 is 2.48 bits per heavy atom. The standard InChI is InChI=1S/C20H17N3S.ClH/c1-13-7-6-10-16(11-13)23-19-18-17(15-8-4-3-5-9-15)14(2)24-20(18)22-12-21-19;/h3-12H,1-2H3,(H,21,22,23);1H. The zero-order chi connectivity index (χ0) is 16.5. The van der Waals surface area contributed by atoms with Crippen LogP contribution in [0.3, 0.4) is 0 Å². The summed E-state index contributed by atoms with van der Waals surface area (Å²) in [5, 5.41) is 4.56. The number of fused-ring (bicyclic) bond motifs is 1. The molecule has 0 unspecified atom stereocenters. The van der Waals surface area contributed by atoms with Gasteiger partial charge in [-0.15, -0.1) is 23.7 Å². The Balaban J connectivity index is 0.00000182. The first-order valence-electron chi connectivity index (χ1n) is 7.85. The second-order valence-electron chi connectivity index (χ2n) is 5.80. The molecular formula is C20H18ClN3S. The average molecular weight is 368 g/mol. The van der Waals surface area contributed by atoms with E-state index in [2.05, 4.69) is 71.6 Å². The van der Waals surface area contributed by atoms with Gasteiger partial charge in [-0.25, -0.2) is 9.97 Å². The molecular weight excluding hydrogens is 350 g/mol. The third kappa shape index (κ3) is 3.36. The van der Waals surface area contributed by atoms with Gasteiger partial charge in [0.25, 0.3) is 0 Å². The second-order valence-corrected chi connectivity index (χ2v) is 7.00. The molecule has 0 amide bonds. The van der Waals surface area contributed by atoms with Crippen LogP contribution in [0.4, 0.5) is 11.5 Å². The number of rotatable bonds is 3. The number of anilines is 2.